The maximum Gasteiger partial charge on any atom is 0.335 e. The Kier molecular flexibility index (Phi) is 10.3. The molecule has 0 radical (unpaired) electrons. The number of carbonyl (C=O) groups is 2. The summed E-state index contributed by atoms with van der Waals surface area (Å²) in [6.45, 7) is 3.69. The van der Waals surface area contributed by atoms with Crippen molar-refractivity contribution in [2.75, 3.05) is 27.2 Å². The Morgan fingerprint density at radius 3 is 2.13 bits per heavy atom. The van der Waals surface area contributed by atoms with E-state index in [0.717, 1.165) is 34.8 Å². The third-order valence-electron chi connectivity index (χ3n) is 3.89. The smallest absolute Gasteiger partial charge is 0.335 e. The molecule has 30 heavy (non-hydrogen) atoms. The topological polar surface area (TPSA) is 156 Å². The van der Waals surface area contributed by atoms with Crippen LogP contribution >= 0.6 is 11.6 Å². The summed E-state index contributed by atoms with van der Waals surface area (Å²) in [7, 11) is 4.11. The van der Waals surface area contributed by atoms with Crippen molar-refractivity contribution >= 4 is 23.5 Å². The first-order valence-electron chi connectivity index (χ1n) is 8.94. The number of nitrogens with one attached hydrogen (secondary N) is 1. The number of carboxylic acid groups (broad SMARTS) is 2. The molecule has 0 amide bonds. The highest BCUT2D eigenvalue weighted by atomic mass is 35.5. The van der Waals surface area contributed by atoms with Gasteiger partial charge in [0.05, 0.1) is 12.3 Å². The van der Waals surface area contributed by atoms with Crippen molar-refractivity contribution in [1.29, 1.82) is 0 Å². The summed E-state index contributed by atoms with van der Waals surface area (Å²) in [5.41, 5.74) is 3.06. The average molecular weight is 444 g/mol. The second-order valence-electron chi connectivity index (χ2n) is 6.61. The van der Waals surface area contributed by atoms with Gasteiger partial charge in [-0.2, -0.15) is 0 Å². The van der Waals surface area contributed by atoms with E-state index in [1.54, 1.807) is 0 Å². The minimum atomic E-state index is -2.27. The molecule has 0 aliphatic carbocycles. The van der Waals surface area contributed by atoms with E-state index < -0.39 is 24.1 Å². The molecule has 2 atom stereocenters. The molecule has 11 heteroatoms. The summed E-state index contributed by atoms with van der Waals surface area (Å²) in [6.07, 6.45) is -3.55. The van der Waals surface area contributed by atoms with Gasteiger partial charge in [0.2, 0.25) is 5.88 Å². The van der Waals surface area contributed by atoms with Crippen molar-refractivity contribution in [3.05, 3.63) is 34.9 Å². The fraction of sp³-hybridized carbons (Fsp3) is 0.421. The first-order valence-corrected chi connectivity index (χ1v) is 9.32. The monoisotopic (exact) mass is 443 g/mol. The van der Waals surface area contributed by atoms with Gasteiger partial charge in [0.1, 0.15) is 0 Å². The normalized spacial score (nSPS) is 12.6. The van der Waals surface area contributed by atoms with Gasteiger partial charge in [-0.15, -0.1) is 5.10 Å². The zero-order valence-corrected chi connectivity index (χ0v) is 17.6. The molecule has 2 rings (SSSR count). The van der Waals surface area contributed by atoms with Gasteiger partial charge in [0.25, 0.3) is 0 Å². The van der Waals surface area contributed by atoms with Crippen molar-refractivity contribution in [2.24, 2.45) is 0 Å². The highest BCUT2D eigenvalue weighted by Crippen LogP contribution is 2.28. The molecule has 2 aromatic rings. The lowest BCUT2D eigenvalue weighted by atomic mass is 10.1. The molecule has 2 unspecified atom stereocenters. The lowest BCUT2D eigenvalue weighted by Crippen LogP contribution is -2.39. The molecule has 1 aromatic heterocycles. The predicted molar refractivity (Wildman–Crippen MR) is 110 cm³/mol. The number of nitrogens with zero attached hydrogens (tertiary/aromatic N) is 2. The van der Waals surface area contributed by atoms with Gasteiger partial charge in [-0.05, 0) is 39.6 Å². The van der Waals surface area contributed by atoms with Crippen LogP contribution in [0.25, 0.3) is 11.3 Å². The lowest BCUT2D eigenvalue weighted by Gasteiger charge is -2.09. The molecule has 0 spiro atoms. The number of hydrogen-bond donors (Lipinski definition) is 5. The Bertz CT molecular complexity index is 806. The Labute approximate surface area is 178 Å². The van der Waals surface area contributed by atoms with E-state index in [1.165, 1.54) is 0 Å². The molecule has 1 heterocycles. The molecule has 0 saturated heterocycles. The molecule has 0 aliphatic heterocycles. The van der Waals surface area contributed by atoms with Gasteiger partial charge < -0.3 is 30.1 Å². The third-order valence-corrected chi connectivity index (χ3v) is 4.14. The number of ether oxygens (including phenoxy) is 1. The Balaban J connectivity index is 0.000000382. The van der Waals surface area contributed by atoms with Crippen LogP contribution in [0.5, 0.6) is 5.88 Å². The Morgan fingerprint density at radius 2 is 1.67 bits per heavy atom. The summed E-state index contributed by atoms with van der Waals surface area (Å²) in [5, 5.41) is 40.5. The highest BCUT2D eigenvalue weighted by molar-refractivity contribution is 6.30. The molecule has 166 valence electrons. The maximum atomic E-state index is 9.77. The molecule has 1 aromatic carbocycles. The zero-order valence-electron chi connectivity index (χ0n) is 16.9. The number of hydrogen-bond acceptors (Lipinski definition) is 7. The van der Waals surface area contributed by atoms with Gasteiger partial charge in [0, 0.05) is 22.7 Å². The van der Waals surface area contributed by atoms with Crippen molar-refractivity contribution in [1.82, 2.24) is 15.1 Å². The highest BCUT2D eigenvalue weighted by Gasteiger charge is 2.29. The van der Waals surface area contributed by atoms with E-state index in [1.807, 2.05) is 31.2 Å². The van der Waals surface area contributed by atoms with Crippen LogP contribution in [0, 0.1) is 6.92 Å². The second-order valence-corrected chi connectivity index (χ2v) is 7.04. The van der Waals surface area contributed by atoms with Crippen molar-refractivity contribution in [3.8, 4) is 17.1 Å². The molecule has 10 nitrogen and oxygen atoms in total. The van der Waals surface area contributed by atoms with Crippen LogP contribution in [0.15, 0.2) is 24.3 Å². The Hall–Kier alpha value is -2.66. The number of H-pyrrole nitrogens is 1. The quantitative estimate of drug-likeness (QED) is 0.360. The minimum Gasteiger partial charge on any atom is -0.479 e. The largest absolute Gasteiger partial charge is 0.479 e. The van der Waals surface area contributed by atoms with E-state index in [9.17, 15) is 9.59 Å². The SMILES string of the molecule is Cc1c(OCCCN(C)C)n[nH]c1-c1ccc(Cl)cc1.O=C(O)C(O)C(O)C(=O)O. The molecule has 0 saturated carbocycles. The van der Waals surface area contributed by atoms with Gasteiger partial charge in [0.15, 0.2) is 12.2 Å². The number of aliphatic hydroxyl groups excluding tert-OH is 2. The summed E-state index contributed by atoms with van der Waals surface area (Å²) in [6, 6.07) is 7.68. The number of carboxylic acids is 2. The van der Waals surface area contributed by atoms with Gasteiger partial charge in [-0.25, -0.2) is 9.59 Å². The van der Waals surface area contributed by atoms with Crippen LogP contribution in [0.2, 0.25) is 5.02 Å². The molecule has 0 fully saturated rings. The lowest BCUT2D eigenvalue weighted by molar-refractivity contribution is -0.165. The van der Waals surface area contributed by atoms with E-state index >= 15 is 0 Å². The van der Waals surface area contributed by atoms with E-state index in [-0.39, 0.29) is 0 Å². The predicted octanol–water partition coefficient (Wildman–Crippen LogP) is 1.25. The van der Waals surface area contributed by atoms with Crippen LogP contribution in [0.4, 0.5) is 0 Å². The molecular weight excluding hydrogens is 418 g/mol. The summed E-state index contributed by atoms with van der Waals surface area (Å²) >= 11 is 5.90. The van der Waals surface area contributed by atoms with Crippen LogP contribution in [-0.2, 0) is 9.59 Å². The van der Waals surface area contributed by atoms with E-state index in [4.69, 9.17) is 36.8 Å². The van der Waals surface area contributed by atoms with Crippen LogP contribution in [0.3, 0.4) is 0 Å². The second kappa shape index (κ2) is 12.1. The van der Waals surface area contributed by atoms with E-state index in [2.05, 4.69) is 29.2 Å². The first kappa shape index (κ1) is 25.4. The average Bonchev–Trinajstić information content (AvgIpc) is 3.05. The fourth-order valence-electron chi connectivity index (χ4n) is 2.24. The molecule has 0 aliphatic rings. The summed E-state index contributed by atoms with van der Waals surface area (Å²) < 4.78 is 5.72. The van der Waals surface area contributed by atoms with Crippen LogP contribution in [-0.4, -0.2) is 86.9 Å². The number of rotatable bonds is 9. The number of aliphatic carboxylic acids is 2. The van der Waals surface area contributed by atoms with Crippen LogP contribution in [0.1, 0.15) is 12.0 Å². The van der Waals surface area contributed by atoms with Crippen molar-refractivity contribution < 1.29 is 34.8 Å². The maximum absolute atomic E-state index is 9.77. The molecule has 0 bridgehead atoms. The standard InChI is InChI=1S/C15H20ClN3O.C4H6O6/c1-11-14(12-5-7-13(16)8-6-12)17-18-15(11)20-10-4-9-19(2)3;5-1(3(7)8)2(6)4(9)10/h5-8H,4,9-10H2,1-3H3,(H,17,18);1-2,5-6H,(H,7,8)(H,9,10). The number of benzene rings is 1. The van der Waals surface area contributed by atoms with Crippen molar-refractivity contribution in [3.63, 3.8) is 0 Å². The number of aliphatic hydroxyl groups is 2. The van der Waals surface area contributed by atoms with Crippen molar-refractivity contribution in [2.45, 2.75) is 25.6 Å². The number of halogens is 1. The van der Waals surface area contributed by atoms with Crippen LogP contribution < -0.4 is 4.74 Å². The summed E-state index contributed by atoms with van der Waals surface area (Å²) in [5.74, 6) is -2.86. The number of aromatic amines is 1. The fourth-order valence-corrected chi connectivity index (χ4v) is 2.37. The zero-order chi connectivity index (χ0) is 22.8. The first-order chi connectivity index (χ1) is 14.0. The van der Waals surface area contributed by atoms with Gasteiger partial charge in [-0.1, -0.05) is 23.7 Å². The van der Waals surface area contributed by atoms with E-state index in [0.29, 0.717) is 12.5 Å². The van der Waals surface area contributed by atoms with Gasteiger partial charge in [-0.3, -0.25) is 5.10 Å². The molecule has 5 N–H and O–H groups in total. The summed E-state index contributed by atoms with van der Waals surface area (Å²) in [4.78, 5) is 21.7. The number of aromatic nitrogens is 2. The Morgan fingerprint density at radius 1 is 1.13 bits per heavy atom. The minimum absolute atomic E-state index is 0.671. The van der Waals surface area contributed by atoms with Gasteiger partial charge >= 0.3 is 11.9 Å². The third kappa shape index (κ3) is 7.99. The molecular formula is C19H26ClN3O7.